The van der Waals surface area contributed by atoms with Crippen LogP contribution in [-0.4, -0.2) is 9.13 Å². The Morgan fingerprint density at radius 2 is 1.75 bits per heavy atom. The molecule has 1 aromatic carbocycles. The molecule has 1 aromatic heterocycles. The second-order valence-electron chi connectivity index (χ2n) is 3.61. The van der Waals surface area contributed by atoms with Crippen LogP contribution in [0, 0.1) is 0 Å². The highest BCUT2D eigenvalue weighted by Gasteiger charge is 2.01. The van der Waals surface area contributed by atoms with Crippen LogP contribution in [0.1, 0.15) is 5.56 Å². The van der Waals surface area contributed by atoms with E-state index < -0.39 is 0 Å². The first-order valence-corrected chi connectivity index (χ1v) is 4.99. The van der Waals surface area contributed by atoms with Gasteiger partial charge in [-0.05, 0) is 5.56 Å². The highest BCUT2D eigenvalue weighted by atomic mass is 16.2. The molecule has 2 rings (SSSR count). The number of aromatic nitrogens is 2. The number of hydrogen-bond donors (Lipinski definition) is 0. The highest BCUT2D eigenvalue weighted by Crippen LogP contribution is 1.99. The van der Waals surface area contributed by atoms with E-state index in [0.717, 1.165) is 10.1 Å². The van der Waals surface area contributed by atoms with Gasteiger partial charge in [-0.25, -0.2) is 4.79 Å². The van der Waals surface area contributed by atoms with Crippen molar-refractivity contribution in [3.63, 3.8) is 0 Å². The van der Waals surface area contributed by atoms with Gasteiger partial charge < -0.3 is 0 Å². The van der Waals surface area contributed by atoms with Crippen LogP contribution in [0.25, 0.3) is 0 Å². The summed E-state index contributed by atoms with van der Waals surface area (Å²) in [6.07, 6.45) is 1.53. The maximum absolute atomic E-state index is 11.7. The second-order valence-corrected chi connectivity index (χ2v) is 3.61. The van der Waals surface area contributed by atoms with Crippen LogP contribution in [0.15, 0.2) is 52.2 Å². The lowest BCUT2D eigenvalue weighted by atomic mass is 10.2. The predicted octanol–water partition coefficient (Wildman–Crippen LogP) is 0.595. The van der Waals surface area contributed by atoms with Crippen molar-refractivity contribution in [3.8, 4) is 0 Å². The molecule has 0 bridgehead atoms. The Labute approximate surface area is 92.4 Å². The summed E-state index contributed by atoms with van der Waals surface area (Å²) in [6.45, 7) is 0.480. The molecule has 0 unspecified atom stereocenters. The van der Waals surface area contributed by atoms with Gasteiger partial charge in [-0.1, -0.05) is 30.3 Å². The Balaban J connectivity index is 2.41. The monoisotopic (exact) mass is 216 g/mol. The summed E-state index contributed by atoms with van der Waals surface area (Å²) in [7, 11) is 1.48. The molecule has 0 radical (unpaired) electrons. The molecule has 0 aliphatic heterocycles. The fourth-order valence-corrected chi connectivity index (χ4v) is 1.52. The third-order valence-corrected chi connectivity index (χ3v) is 2.46. The molecule has 0 saturated carbocycles. The van der Waals surface area contributed by atoms with Gasteiger partial charge >= 0.3 is 5.69 Å². The molecular weight excluding hydrogens is 204 g/mol. The standard InChI is InChI=1S/C12H12N2O2/c1-13-11(15)7-8-14(12(13)16)9-10-5-3-2-4-6-10/h2-8H,9H2,1H3. The molecule has 0 spiro atoms. The van der Waals surface area contributed by atoms with E-state index in [9.17, 15) is 9.59 Å². The topological polar surface area (TPSA) is 44.0 Å². The molecule has 0 aliphatic rings. The Morgan fingerprint density at radius 1 is 1.06 bits per heavy atom. The zero-order chi connectivity index (χ0) is 11.5. The van der Waals surface area contributed by atoms with Gasteiger partial charge in [-0.2, -0.15) is 0 Å². The summed E-state index contributed by atoms with van der Waals surface area (Å²) in [5.41, 5.74) is 0.453. The molecule has 0 atom stereocenters. The van der Waals surface area contributed by atoms with Crippen molar-refractivity contribution >= 4 is 0 Å². The first kappa shape index (κ1) is 10.4. The van der Waals surface area contributed by atoms with Crippen LogP contribution in [0.3, 0.4) is 0 Å². The molecule has 16 heavy (non-hydrogen) atoms. The van der Waals surface area contributed by atoms with E-state index in [0.29, 0.717) is 6.54 Å². The summed E-state index contributed by atoms with van der Waals surface area (Å²) >= 11 is 0. The van der Waals surface area contributed by atoms with E-state index in [-0.39, 0.29) is 11.2 Å². The molecule has 4 nitrogen and oxygen atoms in total. The van der Waals surface area contributed by atoms with E-state index in [1.54, 1.807) is 0 Å². The average Bonchev–Trinajstić information content (AvgIpc) is 2.31. The van der Waals surface area contributed by atoms with Crippen molar-refractivity contribution in [3.05, 3.63) is 69.0 Å². The molecule has 0 aliphatic carbocycles. The SMILES string of the molecule is Cn1c(=O)ccn(Cc2ccccc2)c1=O. The maximum Gasteiger partial charge on any atom is 0.331 e. The summed E-state index contributed by atoms with van der Waals surface area (Å²) in [5.74, 6) is 0. The molecular formula is C12H12N2O2. The van der Waals surface area contributed by atoms with Gasteiger partial charge in [-0.15, -0.1) is 0 Å². The lowest BCUT2D eigenvalue weighted by Crippen LogP contribution is -2.37. The van der Waals surface area contributed by atoms with Crippen LogP contribution in [0.2, 0.25) is 0 Å². The smallest absolute Gasteiger partial charge is 0.296 e. The lowest BCUT2D eigenvalue weighted by Gasteiger charge is -2.06. The van der Waals surface area contributed by atoms with Crippen molar-refractivity contribution in [1.29, 1.82) is 0 Å². The van der Waals surface area contributed by atoms with Crippen molar-refractivity contribution in [2.24, 2.45) is 7.05 Å². The van der Waals surface area contributed by atoms with Crippen molar-refractivity contribution in [2.45, 2.75) is 6.54 Å². The fraction of sp³-hybridized carbons (Fsp3) is 0.167. The molecule has 0 N–H and O–H groups in total. The Kier molecular flexibility index (Phi) is 2.72. The molecule has 0 saturated heterocycles. The number of benzene rings is 1. The van der Waals surface area contributed by atoms with Crippen molar-refractivity contribution in [2.75, 3.05) is 0 Å². The van der Waals surface area contributed by atoms with Gasteiger partial charge in [0.2, 0.25) is 0 Å². The number of rotatable bonds is 2. The van der Waals surface area contributed by atoms with E-state index in [4.69, 9.17) is 0 Å². The predicted molar refractivity (Wildman–Crippen MR) is 61.5 cm³/mol. The number of hydrogen-bond acceptors (Lipinski definition) is 2. The van der Waals surface area contributed by atoms with Gasteiger partial charge in [-0.3, -0.25) is 13.9 Å². The third-order valence-electron chi connectivity index (χ3n) is 2.46. The minimum Gasteiger partial charge on any atom is -0.296 e. The third kappa shape index (κ3) is 1.95. The minimum absolute atomic E-state index is 0.283. The van der Waals surface area contributed by atoms with E-state index in [2.05, 4.69) is 0 Å². The Hall–Kier alpha value is -2.10. The van der Waals surface area contributed by atoms with Crippen LogP contribution in [0.5, 0.6) is 0 Å². The quantitative estimate of drug-likeness (QED) is 0.737. The van der Waals surface area contributed by atoms with Crippen molar-refractivity contribution in [1.82, 2.24) is 9.13 Å². The van der Waals surface area contributed by atoms with Crippen LogP contribution in [-0.2, 0) is 13.6 Å². The normalized spacial score (nSPS) is 10.3. The summed E-state index contributed by atoms with van der Waals surface area (Å²) in [5, 5.41) is 0. The fourth-order valence-electron chi connectivity index (χ4n) is 1.52. The second kappa shape index (κ2) is 4.18. The molecule has 82 valence electrons. The van der Waals surface area contributed by atoms with E-state index in [1.165, 1.54) is 23.9 Å². The average molecular weight is 216 g/mol. The van der Waals surface area contributed by atoms with Crippen molar-refractivity contribution < 1.29 is 0 Å². The lowest BCUT2D eigenvalue weighted by molar-refractivity contribution is 0.645. The minimum atomic E-state index is -0.295. The molecule has 0 fully saturated rings. The van der Waals surface area contributed by atoms with Gasteiger partial charge in [0.15, 0.2) is 0 Å². The molecule has 0 amide bonds. The molecule has 4 heteroatoms. The summed E-state index contributed by atoms with van der Waals surface area (Å²) in [4.78, 5) is 22.9. The van der Waals surface area contributed by atoms with Gasteiger partial charge in [0.1, 0.15) is 0 Å². The van der Waals surface area contributed by atoms with E-state index in [1.807, 2.05) is 30.3 Å². The van der Waals surface area contributed by atoms with Crippen LogP contribution >= 0.6 is 0 Å². The highest BCUT2D eigenvalue weighted by molar-refractivity contribution is 5.15. The zero-order valence-corrected chi connectivity index (χ0v) is 8.96. The van der Waals surface area contributed by atoms with Gasteiger partial charge in [0.05, 0.1) is 6.54 Å². The van der Waals surface area contributed by atoms with Crippen LogP contribution in [0.4, 0.5) is 0 Å². The summed E-state index contributed by atoms with van der Waals surface area (Å²) < 4.78 is 2.61. The van der Waals surface area contributed by atoms with E-state index >= 15 is 0 Å². The molecule has 2 aromatic rings. The Bertz CT molecular complexity index is 596. The van der Waals surface area contributed by atoms with Gasteiger partial charge in [0, 0.05) is 19.3 Å². The number of nitrogens with zero attached hydrogens (tertiary/aromatic N) is 2. The first-order chi connectivity index (χ1) is 7.68. The van der Waals surface area contributed by atoms with Crippen LogP contribution < -0.4 is 11.2 Å². The maximum atomic E-state index is 11.7. The largest absolute Gasteiger partial charge is 0.331 e. The first-order valence-electron chi connectivity index (χ1n) is 4.99. The summed E-state index contributed by atoms with van der Waals surface area (Å²) in [6, 6.07) is 11.0. The Morgan fingerprint density at radius 3 is 2.44 bits per heavy atom. The molecule has 1 heterocycles. The zero-order valence-electron chi connectivity index (χ0n) is 8.96. The van der Waals surface area contributed by atoms with Gasteiger partial charge in [0.25, 0.3) is 5.56 Å².